The zero-order valence-corrected chi connectivity index (χ0v) is 22.1. The third-order valence-electron chi connectivity index (χ3n) is 6.27. The summed E-state index contributed by atoms with van der Waals surface area (Å²) in [5.41, 5.74) is 2.99. The van der Waals surface area contributed by atoms with Crippen LogP contribution < -0.4 is 10.5 Å². The third kappa shape index (κ3) is 4.96. The molecule has 4 aromatic heterocycles. The van der Waals surface area contributed by atoms with Gasteiger partial charge in [-0.15, -0.1) is 11.3 Å². The molecule has 4 aromatic rings. The van der Waals surface area contributed by atoms with Gasteiger partial charge in [0.2, 0.25) is 10.0 Å². The number of nitrogens with one attached hydrogen (secondary N) is 1. The number of hydrogen-bond acceptors (Lipinski definition) is 8. The minimum atomic E-state index is -4.91. The molecule has 0 saturated heterocycles. The monoisotopic (exact) mass is 583 g/mol. The number of fused-ring (bicyclic) bond motifs is 1. The molecule has 0 aliphatic heterocycles. The Labute approximate surface area is 224 Å². The van der Waals surface area contributed by atoms with Crippen molar-refractivity contribution in [3.05, 3.63) is 69.9 Å². The Morgan fingerprint density at radius 2 is 1.87 bits per heavy atom. The molecule has 2 atom stereocenters. The van der Waals surface area contributed by atoms with Crippen LogP contribution >= 0.6 is 22.9 Å². The minimum Gasteiger partial charge on any atom is -0.384 e. The quantitative estimate of drug-likeness (QED) is 0.281. The highest BCUT2D eigenvalue weighted by Crippen LogP contribution is 2.42. The van der Waals surface area contributed by atoms with Gasteiger partial charge in [0.15, 0.2) is 5.60 Å². The van der Waals surface area contributed by atoms with E-state index in [2.05, 4.69) is 19.7 Å². The molecule has 38 heavy (non-hydrogen) atoms. The Morgan fingerprint density at radius 1 is 1.16 bits per heavy atom. The van der Waals surface area contributed by atoms with Crippen molar-refractivity contribution in [1.29, 1.82) is 0 Å². The standard InChI is InChI=1S/C24H21ClF3N5O3S2/c1-23(34,24(26,27)28)13-7-9-30-16(11-13)20-22-12(6-8-31-20)10-17(37-22)21(33-38(35,36)14-2-3-14)19-15(25)4-5-18(29)32-19/h4-11,14,21,33-34H,2-3H2,1H3,(H2,29,32). The van der Waals surface area contributed by atoms with Crippen LogP contribution in [0.15, 0.2) is 48.8 Å². The van der Waals surface area contributed by atoms with Gasteiger partial charge in [0.25, 0.3) is 0 Å². The van der Waals surface area contributed by atoms with Crippen LogP contribution in [-0.2, 0) is 15.6 Å². The van der Waals surface area contributed by atoms with E-state index in [0.29, 0.717) is 34.7 Å². The van der Waals surface area contributed by atoms with Crippen molar-refractivity contribution in [1.82, 2.24) is 19.7 Å². The van der Waals surface area contributed by atoms with E-state index in [0.717, 1.165) is 12.1 Å². The van der Waals surface area contributed by atoms with Crippen molar-refractivity contribution in [2.75, 3.05) is 5.73 Å². The summed E-state index contributed by atoms with van der Waals surface area (Å²) in [4.78, 5) is 13.3. The summed E-state index contributed by atoms with van der Waals surface area (Å²) in [7, 11) is -3.69. The van der Waals surface area contributed by atoms with Gasteiger partial charge in [-0.05, 0) is 67.1 Å². The SMILES string of the molecule is CC(O)(c1ccnc(-c2nccc3cc(C(NS(=O)(=O)C4CC4)c4nc(N)ccc4Cl)sc23)c1)C(F)(F)F. The van der Waals surface area contributed by atoms with Crippen molar-refractivity contribution >= 4 is 48.9 Å². The van der Waals surface area contributed by atoms with Gasteiger partial charge in [-0.1, -0.05) is 11.6 Å². The van der Waals surface area contributed by atoms with Crippen molar-refractivity contribution < 1.29 is 26.7 Å². The first-order valence-electron chi connectivity index (χ1n) is 11.4. The molecule has 0 bridgehead atoms. The fraction of sp³-hybridized carbons (Fsp3) is 0.292. The minimum absolute atomic E-state index is 0.112. The predicted octanol–water partition coefficient (Wildman–Crippen LogP) is 4.93. The first-order valence-corrected chi connectivity index (χ1v) is 14.1. The molecule has 5 rings (SSSR count). The highest BCUT2D eigenvalue weighted by molar-refractivity contribution is 7.90. The summed E-state index contributed by atoms with van der Waals surface area (Å²) in [6.45, 7) is 0.669. The van der Waals surface area contributed by atoms with Crippen LogP contribution in [0.1, 0.15) is 41.9 Å². The van der Waals surface area contributed by atoms with Gasteiger partial charge in [-0.25, -0.2) is 18.1 Å². The summed E-state index contributed by atoms with van der Waals surface area (Å²) in [5, 5.41) is 10.5. The van der Waals surface area contributed by atoms with Crippen LogP contribution in [0.3, 0.4) is 0 Å². The second-order valence-corrected chi connectivity index (χ2v) is 12.6. The molecule has 200 valence electrons. The molecule has 2 unspecified atom stereocenters. The molecule has 4 N–H and O–H groups in total. The smallest absolute Gasteiger partial charge is 0.384 e. The highest BCUT2D eigenvalue weighted by atomic mass is 35.5. The number of rotatable bonds is 7. The van der Waals surface area contributed by atoms with E-state index >= 15 is 0 Å². The number of nitrogen functional groups attached to an aromatic ring is 1. The topological polar surface area (TPSA) is 131 Å². The van der Waals surface area contributed by atoms with Gasteiger partial charge in [0.05, 0.1) is 32.4 Å². The van der Waals surface area contributed by atoms with E-state index in [1.54, 1.807) is 12.1 Å². The molecular formula is C24H21ClF3N5O3S2. The molecule has 1 aliphatic carbocycles. The fourth-order valence-corrected chi connectivity index (χ4v) is 6.91. The number of nitrogens with two attached hydrogens (primary N) is 1. The second kappa shape index (κ2) is 9.42. The van der Waals surface area contributed by atoms with Gasteiger partial charge in [-0.2, -0.15) is 13.2 Å². The molecule has 0 radical (unpaired) electrons. The predicted molar refractivity (Wildman–Crippen MR) is 139 cm³/mol. The molecule has 0 spiro atoms. The van der Waals surface area contributed by atoms with Crippen molar-refractivity contribution in [2.45, 2.75) is 42.8 Å². The van der Waals surface area contributed by atoms with E-state index in [9.17, 15) is 26.7 Å². The number of alkyl halides is 3. The lowest BCUT2D eigenvalue weighted by molar-refractivity contribution is -0.258. The largest absolute Gasteiger partial charge is 0.421 e. The van der Waals surface area contributed by atoms with Crippen molar-refractivity contribution in [3.63, 3.8) is 0 Å². The van der Waals surface area contributed by atoms with Crippen molar-refractivity contribution in [3.8, 4) is 11.4 Å². The maximum absolute atomic E-state index is 13.5. The lowest BCUT2D eigenvalue weighted by atomic mass is 9.95. The van der Waals surface area contributed by atoms with Crippen LogP contribution in [0.5, 0.6) is 0 Å². The summed E-state index contributed by atoms with van der Waals surface area (Å²) in [6, 6.07) is 7.72. The molecule has 14 heteroatoms. The van der Waals surface area contributed by atoms with E-state index in [-0.39, 0.29) is 27.9 Å². The summed E-state index contributed by atoms with van der Waals surface area (Å²) in [5.74, 6) is 0.154. The molecule has 8 nitrogen and oxygen atoms in total. The van der Waals surface area contributed by atoms with Gasteiger partial charge in [0.1, 0.15) is 11.5 Å². The Balaban J connectivity index is 1.63. The first-order chi connectivity index (χ1) is 17.8. The number of pyridine rings is 3. The number of thiophene rings is 1. The number of sulfonamides is 1. The van der Waals surface area contributed by atoms with Gasteiger partial charge in [-0.3, -0.25) is 9.97 Å². The van der Waals surface area contributed by atoms with E-state index in [1.807, 2.05) is 0 Å². The zero-order chi connectivity index (χ0) is 27.5. The summed E-state index contributed by atoms with van der Waals surface area (Å²) in [6.07, 6.45) is -1.17. The van der Waals surface area contributed by atoms with Crippen LogP contribution in [0.2, 0.25) is 5.02 Å². The average molecular weight is 584 g/mol. The van der Waals surface area contributed by atoms with Crippen LogP contribution in [0.25, 0.3) is 21.5 Å². The summed E-state index contributed by atoms with van der Waals surface area (Å²) < 4.78 is 69.4. The van der Waals surface area contributed by atoms with Crippen LogP contribution in [-0.4, -0.2) is 39.9 Å². The molecule has 0 amide bonds. The Morgan fingerprint density at radius 3 is 2.55 bits per heavy atom. The molecule has 1 fully saturated rings. The van der Waals surface area contributed by atoms with Crippen LogP contribution in [0, 0.1) is 0 Å². The Hall–Kier alpha value is -2.84. The Kier molecular flexibility index (Phi) is 6.63. The average Bonchev–Trinajstić information content (AvgIpc) is 3.63. The maximum Gasteiger partial charge on any atom is 0.421 e. The molecule has 1 aliphatic rings. The maximum atomic E-state index is 13.5. The van der Waals surface area contributed by atoms with E-state index in [1.165, 1.54) is 35.9 Å². The Bertz CT molecular complexity index is 1640. The third-order valence-corrected chi connectivity index (χ3v) is 9.72. The summed E-state index contributed by atoms with van der Waals surface area (Å²) >= 11 is 7.58. The number of nitrogens with zero attached hydrogens (tertiary/aromatic N) is 3. The van der Waals surface area contributed by atoms with Gasteiger partial charge < -0.3 is 10.8 Å². The normalized spacial score (nSPS) is 16.9. The molecular weight excluding hydrogens is 563 g/mol. The number of aromatic nitrogens is 3. The zero-order valence-electron chi connectivity index (χ0n) is 19.7. The highest BCUT2D eigenvalue weighted by Gasteiger charge is 2.51. The van der Waals surface area contributed by atoms with E-state index in [4.69, 9.17) is 17.3 Å². The number of halogens is 4. The fourth-order valence-electron chi connectivity index (χ4n) is 3.90. The van der Waals surface area contributed by atoms with E-state index < -0.39 is 38.7 Å². The first kappa shape index (κ1) is 26.8. The van der Waals surface area contributed by atoms with Crippen molar-refractivity contribution in [2.24, 2.45) is 0 Å². The number of hydrogen-bond donors (Lipinski definition) is 3. The molecule has 4 heterocycles. The molecule has 1 saturated carbocycles. The van der Waals surface area contributed by atoms with Gasteiger partial charge in [0, 0.05) is 17.3 Å². The molecule has 0 aromatic carbocycles. The lowest BCUT2D eigenvalue weighted by Crippen LogP contribution is -2.39. The number of anilines is 1. The van der Waals surface area contributed by atoms with Crippen LogP contribution in [0.4, 0.5) is 19.0 Å². The lowest BCUT2D eigenvalue weighted by Gasteiger charge is -2.26. The van der Waals surface area contributed by atoms with Gasteiger partial charge >= 0.3 is 6.18 Å². The second-order valence-electron chi connectivity index (χ2n) is 9.12. The number of aliphatic hydroxyl groups is 1.